The van der Waals surface area contributed by atoms with Crippen molar-refractivity contribution in [1.29, 1.82) is 0 Å². The Morgan fingerprint density at radius 1 is 1.41 bits per heavy atom. The van der Waals surface area contributed by atoms with Crippen LogP contribution in [0, 0.1) is 0 Å². The summed E-state index contributed by atoms with van der Waals surface area (Å²) < 4.78 is 0. The van der Waals surface area contributed by atoms with Crippen LogP contribution in [0.2, 0.25) is 10.0 Å². The largest absolute Gasteiger partial charge is 0.328 e. The highest BCUT2D eigenvalue weighted by atomic mass is 35.5. The minimum atomic E-state index is -0.0379. The van der Waals surface area contributed by atoms with E-state index in [1.54, 1.807) is 18.2 Å². The van der Waals surface area contributed by atoms with Crippen molar-refractivity contribution in [3.8, 4) is 0 Å². The highest BCUT2D eigenvalue weighted by Gasteiger charge is 2.05. The summed E-state index contributed by atoms with van der Waals surface area (Å²) in [5.41, 5.74) is 6.26. The van der Waals surface area contributed by atoms with E-state index in [2.05, 4.69) is 5.32 Å². The number of halogens is 2. The summed E-state index contributed by atoms with van der Waals surface area (Å²) in [6.45, 7) is 1.93. The van der Waals surface area contributed by atoms with Crippen molar-refractivity contribution in [2.45, 2.75) is 32.2 Å². The summed E-state index contributed by atoms with van der Waals surface area (Å²) >= 11 is 11.6. The van der Waals surface area contributed by atoms with Crippen molar-refractivity contribution >= 4 is 34.8 Å². The van der Waals surface area contributed by atoms with Gasteiger partial charge in [-0.1, -0.05) is 23.2 Å². The molecule has 1 atom stereocenters. The minimum absolute atomic E-state index is 0.0379. The van der Waals surface area contributed by atoms with Crippen LogP contribution in [0.3, 0.4) is 0 Å². The zero-order chi connectivity index (χ0) is 12.8. The van der Waals surface area contributed by atoms with Crippen LogP contribution < -0.4 is 11.1 Å². The SMILES string of the molecule is CC(N)CCCC(=O)Nc1ccc(Cl)c(Cl)c1. The number of hydrogen-bond donors (Lipinski definition) is 2. The van der Waals surface area contributed by atoms with Crippen molar-refractivity contribution in [3.63, 3.8) is 0 Å². The summed E-state index contributed by atoms with van der Waals surface area (Å²) in [6.07, 6.45) is 2.08. The first kappa shape index (κ1) is 14.3. The predicted molar refractivity (Wildman–Crippen MR) is 72.6 cm³/mol. The highest BCUT2D eigenvalue weighted by molar-refractivity contribution is 6.42. The molecule has 1 amide bonds. The molecule has 94 valence electrons. The molecule has 3 nitrogen and oxygen atoms in total. The number of carbonyl (C=O) groups is 1. The molecule has 1 rings (SSSR count). The number of rotatable bonds is 5. The molecule has 5 heteroatoms. The third kappa shape index (κ3) is 5.39. The zero-order valence-corrected chi connectivity index (χ0v) is 11.2. The Morgan fingerprint density at radius 3 is 2.71 bits per heavy atom. The Kier molecular flexibility index (Phi) is 5.75. The van der Waals surface area contributed by atoms with E-state index in [4.69, 9.17) is 28.9 Å². The van der Waals surface area contributed by atoms with E-state index in [1.165, 1.54) is 0 Å². The lowest BCUT2D eigenvalue weighted by Crippen LogP contribution is -2.16. The van der Waals surface area contributed by atoms with E-state index < -0.39 is 0 Å². The lowest BCUT2D eigenvalue weighted by molar-refractivity contribution is -0.116. The Labute approximate surface area is 111 Å². The average Bonchev–Trinajstić information content (AvgIpc) is 2.23. The van der Waals surface area contributed by atoms with E-state index in [0.29, 0.717) is 22.2 Å². The first-order chi connectivity index (χ1) is 7.99. The van der Waals surface area contributed by atoms with Crippen LogP contribution in [0.5, 0.6) is 0 Å². The smallest absolute Gasteiger partial charge is 0.224 e. The third-order valence-corrected chi connectivity index (χ3v) is 3.01. The lowest BCUT2D eigenvalue weighted by atomic mass is 10.1. The summed E-state index contributed by atoms with van der Waals surface area (Å²) in [5, 5.41) is 3.67. The third-order valence-electron chi connectivity index (χ3n) is 2.27. The molecule has 0 aliphatic rings. The minimum Gasteiger partial charge on any atom is -0.328 e. The monoisotopic (exact) mass is 274 g/mol. The fourth-order valence-electron chi connectivity index (χ4n) is 1.38. The number of carbonyl (C=O) groups excluding carboxylic acids is 1. The molecule has 3 N–H and O–H groups in total. The highest BCUT2D eigenvalue weighted by Crippen LogP contribution is 2.25. The molecule has 1 aromatic carbocycles. The molecular weight excluding hydrogens is 259 g/mol. The maximum absolute atomic E-state index is 11.6. The van der Waals surface area contributed by atoms with Gasteiger partial charge in [-0.25, -0.2) is 0 Å². The normalized spacial score (nSPS) is 12.2. The summed E-state index contributed by atoms with van der Waals surface area (Å²) in [5.74, 6) is -0.0379. The van der Waals surface area contributed by atoms with Gasteiger partial charge in [-0.15, -0.1) is 0 Å². The number of hydrogen-bond acceptors (Lipinski definition) is 2. The van der Waals surface area contributed by atoms with Crippen LogP contribution in [-0.2, 0) is 4.79 Å². The van der Waals surface area contributed by atoms with Gasteiger partial charge in [-0.3, -0.25) is 4.79 Å². The van der Waals surface area contributed by atoms with Gasteiger partial charge in [0.1, 0.15) is 0 Å². The molecule has 0 aliphatic heterocycles. The maximum Gasteiger partial charge on any atom is 0.224 e. The van der Waals surface area contributed by atoms with Gasteiger partial charge in [0.05, 0.1) is 10.0 Å². The fourth-order valence-corrected chi connectivity index (χ4v) is 1.68. The predicted octanol–water partition coefficient (Wildman–Crippen LogP) is 3.45. The number of benzene rings is 1. The van der Waals surface area contributed by atoms with Crippen molar-refractivity contribution in [2.24, 2.45) is 5.73 Å². The van der Waals surface area contributed by atoms with Gasteiger partial charge in [-0.2, -0.15) is 0 Å². The van der Waals surface area contributed by atoms with Crippen LogP contribution in [0.4, 0.5) is 5.69 Å². The van der Waals surface area contributed by atoms with Gasteiger partial charge in [-0.05, 0) is 38.0 Å². The topological polar surface area (TPSA) is 55.1 Å². The Balaban J connectivity index is 2.42. The summed E-state index contributed by atoms with van der Waals surface area (Å²) in [4.78, 5) is 11.6. The average molecular weight is 275 g/mol. The molecule has 0 heterocycles. The van der Waals surface area contributed by atoms with E-state index >= 15 is 0 Å². The molecule has 0 aromatic heterocycles. The lowest BCUT2D eigenvalue weighted by Gasteiger charge is -2.07. The van der Waals surface area contributed by atoms with Gasteiger partial charge < -0.3 is 11.1 Å². The van der Waals surface area contributed by atoms with Gasteiger partial charge >= 0.3 is 0 Å². The van der Waals surface area contributed by atoms with Crippen LogP contribution in [-0.4, -0.2) is 11.9 Å². The summed E-state index contributed by atoms with van der Waals surface area (Å²) in [6, 6.07) is 5.14. The van der Waals surface area contributed by atoms with E-state index in [1.807, 2.05) is 6.92 Å². The van der Waals surface area contributed by atoms with Crippen LogP contribution in [0.1, 0.15) is 26.2 Å². The molecule has 1 aromatic rings. The molecule has 1 unspecified atom stereocenters. The molecular formula is C12H16Cl2N2O. The number of nitrogens with one attached hydrogen (secondary N) is 1. The van der Waals surface area contributed by atoms with Crippen molar-refractivity contribution in [2.75, 3.05) is 5.32 Å². The number of anilines is 1. The molecule has 0 spiro atoms. The van der Waals surface area contributed by atoms with Crippen molar-refractivity contribution in [3.05, 3.63) is 28.2 Å². The zero-order valence-electron chi connectivity index (χ0n) is 9.67. The van der Waals surface area contributed by atoms with Gasteiger partial charge in [0, 0.05) is 18.2 Å². The quantitative estimate of drug-likeness (QED) is 0.864. The number of amides is 1. The van der Waals surface area contributed by atoms with Gasteiger partial charge in [0.25, 0.3) is 0 Å². The standard InChI is InChI=1S/C12H16Cl2N2O/c1-8(15)3-2-4-12(17)16-9-5-6-10(13)11(14)7-9/h5-8H,2-4,15H2,1H3,(H,16,17). The molecule has 0 bridgehead atoms. The fraction of sp³-hybridized carbons (Fsp3) is 0.417. The molecule has 17 heavy (non-hydrogen) atoms. The van der Waals surface area contributed by atoms with E-state index in [-0.39, 0.29) is 11.9 Å². The van der Waals surface area contributed by atoms with Crippen LogP contribution in [0.25, 0.3) is 0 Å². The van der Waals surface area contributed by atoms with Gasteiger partial charge in [0.2, 0.25) is 5.91 Å². The molecule has 0 aliphatic carbocycles. The molecule has 0 saturated heterocycles. The van der Waals surface area contributed by atoms with Crippen molar-refractivity contribution in [1.82, 2.24) is 0 Å². The Bertz CT molecular complexity index is 394. The van der Waals surface area contributed by atoms with E-state index in [9.17, 15) is 4.79 Å². The molecule has 0 radical (unpaired) electrons. The van der Waals surface area contributed by atoms with Crippen LogP contribution >= 0.6 is 23.2 Å². The second kappa shape index (κ2) is 6.84. The van der Waals surface area contributed by atoms with E-state index in [0.717, 1.165) is 12.8 Å². The second-order valence-corrected chi connectivity index (χ2v) is 4.86. The Hall–Kier alpha value is -0.770. The Morgan fingerprint density at radius 2 is 2.12 bits per heavy atom. The first-order valence-electron chi connectivity index (χ1n) is 5.49. The van der Waals surface area contributed by atoms with Crippen molar-refractivity contribution < 1.29 is 4.79 Å². The summed E-state index contributed by atoms with van der Waals surface area (Å²) in [7, 11) is 0. The molecule has 0 saturated carbocycles. The maximum atomic E-state index is 11.6. The van der Waals surface area contributed by atoms with Gasteiger partial charge in [0.15, 0.2) is 0 Å². The second-order valence-electron chi connectivity index (χ2n) is 4.05. The number of nitrogens with two attached hydrogens (primary N) is 1. The molecule has 0 fully saturated rings. The van der Waals surface area contributed by atoms with Crippen LogP contribution in [0.15, 0.2) is 18.2 Å². The first-order valence-corrected chi connectivity index (χ1v) is 6.25.